The number of nitriles is 1. The second-order valence-corrected chi connectivity index (χ2v) is 10.7. The van der Waals surface area contributed by atoms with Gasteiger partial charge in [0.25, 0.3) is 0 Å². The first kappa shape index (κ1) is 25.1. The lowest BCUT2D eigenvalue weighted by atomic mass is 10.1. The van der Waals surface area contributed by atoms with E-state index < -0.39 is 27.5 Å². The number of hydrogen-bond acceptors (Lipinski definition) is 7. The monoisotopic (exact) mass is 569 g/mol. The van der Waals surface area contributed by atoms with E-state index in [-0.39, 0.29) is 17.7 Å². The van der Waals surface area contributed by atoms with E-state index in [9.17, 15) is 26.9 Å². The van der Waals surface area contributed by atoms with Crippen molar-refractivity contribution in [3.05, 3.63) is 52.5 Å². The molecule has 0 amide bonds. The van der Waals surface area contributed by atoms with Crippen LogP contribution in [0, 0.1) is 11.3 Å². The van der Waals surface area contributed by atoms with Gasteiger partial charge in [-0.15, -0.1) is 0 Å². The third-order valence-electron chi connectivity index (χ3n) is 5.55. The zero-order valence-corrected chi connectivity index (χ0v) is 20.7. The average Bonchev–Trinajstić information content (AvgIpc) is 3.28. The molecule has 3 heterocycles. The van der Waals surface area contributed by atoms with E-state index in [0.29, 0.717) is 47.9 Å². The maximum atomic E-state index is 13.7. The van der Waals surface area contributed by atoms with Gasteiger partial charge in [0.05, 0.1) is 22.0 Å². The van der Waals surface area contributed by atoms with E-state index in [2.05, 4.69) is 36.2 Å². The number of sulfonamides is 1. The number of rotatable bonds is 5. The molecule has 0 bridgehead atoms. The Balaban J connectivity index is 1.64. The van der Waals surface area contributed by atoms with Gasteiger partial charge in [0, 0.05) is 31.5 Å². The highest BCUT2D eigenvalue weighted by Crippen LogP contribution is 2.36. The van der Waals surface area contributed by atoms with E-state index in [1.54, 1.807) is 18.2 Å². The molecule has 0 radical (unpaired) electrons. The molecule has 1 aromatic carbocycles. The molecule has 1 fully saturated rings. The van der Waals surface area contributed by atoms with Gasteiger partial charge in [-0.25, -0.2) is 27.7 Å². The quantitative estimate of drug-likeness (QED) is 0.496. The van der Waals surface area contributed by atoms with Gasteiger partial charge in [-0.05, 0) is 40.9 Å². The zero-order chi connectivity index (χ0) is 25.4. The van der Waals surface area contributed by atoms with Crippen LogP contribution in [0.15, 0.2) is 41.4 Å². The number of benzene rings is 1. The van der Waals surface area contributed by atoms with Crippen LogP contribution in [0.3, 0.4) is 0 Å². The van der Waals surface area contributed by atoms with Crippen molar-refractivity contribution >= 4 is 31.9 Å². The lowest BCUT2D eigenvalue weighted by molar-refractivity contribution is -0.137. The average molecular weight is 570 g/mol. The number of halogens is 4. The lowest BCUT2D eigenvalue weighted by Gasteiger charge is -2.30. The highest BCUT2D eigenvalue weighted by Gasteiger charge is 2.36. The summed E-state index contributed by atoms with van der Waals surface area (Å²) >= 11 is 3.35. The normalized spacial score (nSPS) is 15.7. The van der Waals surface area contributed by atoms with Gasteiger partial charge >= 0.3 is 6.18 Å². The molecular formula is C21H19BrF3N7O2S. The van der Waals surface area contributed by atoms with Crippen LogP contribution in [0.25, 0.3) is 17.1 Å². The van der Waals surface area contributed by atoms with E-state index in [1.165, 1.54) is 21.4 Å². The summed E-state index contributed by atoms with van der Waals surface area (Å²) in [4.78, 5) is 12.1. The lowest BCUT2D eigenvalue weighted by Crippen LogP contribution is -2.42. The number of piperidine rings is 1. The zero-order valence-electron chi connectivity index (χ0n) is 18.3. The van der Waals surface area contributed by atoms with Crippen molar-refractivity contribution in [3.63, 3.8) is 0 Å². The van der Waals surface area contributed by atoms with Crippen LogP contribution in [0.5, 0.6) is 0 Å². The van der Waals surface area contributed by atoms with E-state index >= 15 is 0 Å². The minimum atomic E-state index is -4.71. The molecule has 0 saturated carbocycles. The summed E-state index contributed by atoms with van der Waals surface area (Å²) in [5, 5.41) is 12.2. The molecule has 14 heteroatoms. The molecule has 0 aliphatic carbocycles. The Morgan fingerprint density at radius 2 is 1.94 bits per heavy atom. The van der Waals surface area contributed by atoms with Gasteiger partial charge in [-0.1, -0.05) is 6.07 Å². The van der Waals surface area contributed by atoms with Gasteiger partial charge in [0.1, 0.15) is 29.3 Å². The highest BCUT2D eigenvalue weighted by molar-refractivity contribution is 9.10. The second-order valence-electron chi connectivity index (χ2n) is 7.95. The standard InChI is InChI=1S/C21H19BrF3N7O2S/c1-35(33,34)32-7-5-14(6-8-32)29-20-27-10-15(21(23,24)25)19(30-20)16-11-31(12-28-16)17-4-2-3-13(9-26)18(17)22/h2-4,10-12,14H,5-8H2,1H3,(H,27,29,30). The SMILES string of the molecule is CS(=O)(=O)N1CCC(Nc2ncc(C(F)(F)F)c(-c3cn(-c4cccc(C#N)c4Br)cn3)n2)CC1. The molecule has 0 spiro atoms. The molecule has 1 aliphatic heterocycles. The van der Waals surface area contributed by atoms with Crippen LogP contribution in [-0.4, -0.2) is 57.6 Å². The number of nitrogens with zero attached hydrogens (tertiary/aromatic N) is 6. The fourth-order valence-electron chi connectivity index (χ4n) is 3.75. The van der Waals surface area contributed by atoms with E-state index in [4.69, 9.17) is 0 Å². The molecule has 0 atom stereocenters. The fraction of sp³-hybridized carbons (Fsp3) is 0.333. The fourth-order valence-corrected chi connectivity index (χ4v) is 5.18. The first-order valence-corrected chi connectivity index (χ1v) is 13.0. The second kappa shape index (κ2) is 9.56. The molecule has 3 aromatic rings. The van der Waals surface area contributed by atoms with E-state index in [1.807, 2.05) is 6.07 Å². The summed E-state index contributed by atoms with van der Waals surface area (Å²) < 4.78 is 67.9. The largest absolute Gasteiger partial charge is 0.420 e. The number of nitrogens with one attached hydrogen (secondary N) is 1. The number of imidazole rings is 1. The molecule has 184 valence electrons. The smallest absolute Gasteiger partial charge is 0.351 e. The summed E-state index contributed by atoms with van der Waals surface area (Å²) in [7, 11) is -3.30. The highest BCUT2D eigenvalue weighted by atomic mass is 79.9. The first-order valence-electron chi connectivity index (χ1n) is 10.4. The van der Waals surface area contributed by atoms with Crippen molar-refractivity contribution in [1.82, 2.24) is 23.8 Å². The van der Waals surface area contributed by atoms with Crippen molar-refractivity contribution in [3.8, 4) is 23.1 Å². The summed E-state index contributed by atoms with van der Waals surface area (Å²) in [6.45, 7) is 0.593. The van der Waals surface area contributed by atoms with Crippen LogP contribution >= 0.6 is 15.9 Å². The number of alkyl halides is 3. The molecule has 9 nitrogen and oxygen atoms in total. The van der Waals surface area contributed by atoms with Crippen LogP contribution in [0.1, 0.15) is 24.0 Å². The minimum Gasteiger partial charge on any atom is -0.351 e. The molecular weight excluding hydrogens is 551 g/mol. The van der Waals surface area contributed by atoms with Crippen molar-refractivity contribution in [1.29, 1.82) is 5.26 Å². The minimum absolute atomic E-state index is 0.00647. The Labute approximate surface area is 207 Å². The first-order chi connectivity index (χ1) is 16.5. The number of aromatic nitrogens is 4. The summed E-state index contributed by atoms with van der Waals surface area (Å²) in [5.74, 6) is -0.00647. The number of hydrogen-bond donors (Lipinski definition) is 1. The van der Waals surface area contributed by atoms with Gasteiger partial charge in [-0.2, -0.15) is 18.4 Å². The molecule has 1 aliphatic rings. The van der Waals surface area contributed by atoms with Gasteiger partial charge in [0.2, 0.25) is 16.0 Å². The summed E-state index contributed by atoms with van der Waals surface area (Å²) in [5.41, 5.74) is -0.561. The molecule has 1 saturated heterocycles. The van der Waals surface area contributed by atoms with E-state index in [0.717, 1.165) is 6.26 Å². The van der Waals surface area contributed by atoms with Crippen LogP contribution in [0.2, 0.25) is 0 Å². The van der Waals surface area contributed by atoms with Crippen molar-refractivity contribution in [2.24, 2.45) is 0 Å². The van der Waals surface area contributed by atoms with Crippen molar-refractivity contribution in [2.45, 2.75) is 25.1 Å². The maximum Gasteiger partial charge on any atom is 0.420 e. The summed E-state index contributed by atoms with van der Waals surface area (Å²) in [6, 6.07) is 6.79. The van der Waals surface area contributed by atoms with Crippen LogP contribution < -0.4 is 5.32 Å². The molecule has 1 N–H and O–H groups in total. The summed E-state index contributed by atoms with van der Waals surface area (Å²) in [6.07, 6.45) is 0.803. The Morgan fingerprint density at radius 3 is 2.57 bits per heavy atom. The third kappa shape index (κ3) is 5.47. The Hall–Kier alpha value is -3.02. The molecule has 4 rings (SSSR count). The maximum absolute atomic E-state index is 13.7. The van der Waals surface area contributed by atoms with Crippen molar-refractivity contribution in [2.75, 3.05) is 24.7 Å². The van der Waals surface area contributed by atoms with Crippen molar-refractivity contribution < 1.29 is 21.6 Å². The molecule has 0 unspecified atom stereocenters. The molecule has 2 aromatic heterocycles. The third-order valence-corrected chi connectivity index (χ3v) is 7.69. The van der Waals surface area contributed by atoms with Crippen LogP contribution in [0.4, 0.5) is 19.1 Å². The topological polar surface area (TPSA) is 117 Å². The predicted octanol–water partition coefficient (Wildman–Crippen LogP) is 3.82. The Morgan fingerprint density at radius 1 is 1.23 bits per heavy atom. The van der Waals surface area contributed by atoms with Gasteiger partial charge < -0.3 is 9.88 Å². The Bertz CT molecular complexity index is 1390. The Kier molecular flexibility index (Phi) is 6.85. The van der Waals surface area contributed by atoms with Gasteiger partial charge in [0.15, 0.2) is 0 Å². The predicted molar refractivity (Wildman–Crippen MR) is 125 cm³/mol. The number of anilines is 1. The molecule has 35 heavy (non-hydrogen) atoms. The van der Waals surface area contributed by atoms with Gasteiger partial charge in [-0.3, -0.25) is 0 Å². The van der Waals surface area contributed by atoms with Crippen LogP contribution in [-0.2, 0) is 16.2 Å².